The summed E-state index contributed by atoms with van der Waals surface area (Å²) < 4.78 is 0. The van der Waals surface area contributed by atoms with Crippen molar-refractivity contribution in [3.63, 3.8) is 0 Å². The van der Waals surface area contributed by atoms with Crippen LogP contribution in [-0.4, -0.2) is 12.0 Å². The monoisotopic (exact) mass is 254 g/mol. The predicted octanol–water partition coefficient (Wildman–Crippen LogP) is 4.11. The highest BCUT2D eigenvalue weighted by Gasteiger charge is 2.17. The first kappa shape index (κ1) is 12.5. The summed E-state index contributed by atoms with van der Waals surface area (Å²) in [5.41, 5.74) is 6.65. The topological polar surface area (TPSA) is 24.9 Å². The molecule has 19 heavy (non-hydrogen) atoms. The highest BCUT2D eigenvalue weighted by atomic mass is 14.9. The van der Waals surface area contributed by atoms with Gasteiger partial charge < -0.3 is 5.32 Å². The standard InChI is InChI=1S/C17H22N2/c1-3-6-12-9-10-16-14(11-12)17(18-2)13-7-4-5-8-15(13)19-16/h9-11H,3-8H2,1-2H3,(H,18,19). The van der Waals surface area contributed by atoms with Gasteiger partial charge in [0.2, 0.25) is 0 Å². The maximum Gasteiger partial charge on any atom is 0.0726 e. The van der Waals surface area contributed by atoms with Crippen molar-refractivity contribution in [2.75, 3.05) is 12.4 Å². The van der Waals surface area contributed by atoms with Crippen LogP contribution in [0.15, 0.2) is 18.2 Å². The molecule has 1 aromatic carbocycles. The van der Waals surface area contributed by atoms with Crippen LogP contribution in [0.3, 0.4) is 0 Å². The lowest BCUT2D eigenvalue weighted by Crippen LogP contribution is -2.09. The molecule has 0 spiro atoms. The van der Waals surface area contributed by atoms with Crippen molar-refractivity contribution in [2.45, 2.75) is 45.4 Å². The number of hydrogen-bond acceptors (Lipinski definition) is 2. The normalized spacial score (nSPS) is 14.4. The van der Waals surface area contributed by atoms with Gasteiger partial charge in [-0.3, -0.25) is 4.98 Å². The lowest BCUT2D eigenvalue weighted by atomic mass is 9.92. The number of benzene rings is 1. The Hall–Kier alpha value is -1.57. The van der Waals surface area contributed by atoms with Crippen LogP contribution in [0.1, 0.15) is 43.0 Å². The van der Waals surface area contributed by atoms with Gasteiger partial charge in [-0.25, -0.2) is 0 Å². The first-order chi connectivity index (χ1) is 9.33. The molecule has 0 bridgehead atoms. The Morgan fingerprint density at radius 2 is 2.05 bits per heavy atom. The van der Waals surface area contributed by atoms with E-state index in [1.807, 2.05) is 7.05 Å². The van der Waals surface area contributed by atoms with Gasteiger partial charge in [-0.2, -0.15) is 0 Å². The number of aryl methyl sites for hydroxylation is 2. The Balaban J connectivity index is 2.22. The van der Waals surface area contributed by atoms with E-state index in [9.17, 15) is 0 Å². The molecule has 2 aromatic rings. The van der Waals surface area contributed by atoms with Crippen LogP contribution in [0.5, 0.6) is 0 Å². The molecule has 0 radical (unpaired) electrons. The molecule has 1 N–H and O–H groups in total. The lowest BCUT2D eigenvalue weighted by molar-refractivity contribution is 0.672. The summed E-state index contributed by atoms with van der Waals surface area (Å²) >= 11 is 0. The van der Waals surface area contributed by atoms with Gasteiger partial charge in [0, 0.05) is 23.8 Å². The summed E-state index contributed by atoms with van der Waals surface area (Å²) in [5, 5.41) is 4.73. The van der Waals surface area contributed by atoms with Crippen molar-refractivity contribution >= 4 is 16.6 Å². The van der Waals surface area contributed by atoms with E-state index in [2.05, 4.69) is 30.4 Å². The number of rotatable bonds is 3. The van der Waals surface area contributed by atoms with Crippen LogP contribution in [0, 0.1) is 0 Å². The maximum atomic E-state index is 4.89. The molecule has 0 amide bonds. The molecular weight excluding hydrogens is 232 g/mol. The van der Waals surface area contributed by atoms with Crippen molar-refractivity contribution in [1.29, 1.82) is 0 Å². The van der Waals surface area contributed by atoms with E-state index in [1.54, 1.807) is 0 Å². The minimum atomic E-state index is 1.14. The summed E-state index contributed by atoms with van der Waals surface area (Å²) in [6, 6.07) is 6.75. The van der Waals surface area contributed by atoms with Crippen LogP contribution in [0.25, 0.3) is 10.9 Å². The van der Waals surface area contributed by atoms with Crippen molar-refractivity contribution in [1.82, 2.24) is 4.98 Å². The van der Waals surface area contributed by atoms with Crippen LogP contribution in [0.4, 0.5) is 5.69 Å². The number of hydrogen-bond donors (Lipinski definition) is 1. The predicted molar refractivity (Wildman–Crippen MR) is 81.9 cm³/mol. The molecule has 1 aliphatic rings. The third-order valence-electron chi connectivity index (χ3n) is 4.11. The minimum Gasteiger partial charge on any atom is -0.387 e. The molecule has 1 aliphatic carbocycles. The highest BCUT2D eigenvalue weighted by Crippen LogP contribution is 2.33. The Morgan fingerprint density at radius 3 is 2.84 bits per heavy atom. The van der Waals surface area contributed by atoms with Gasteiger partial charge in [-0.15, -0.1) is 0 Å². The second-order valence-electron chi connectivity index (χ2n) is 5.47. The van der Waals surface area contributed by atoms with Crippen molar-refractivity contribution in [3.8, 4) is 0 Å². The first-order valence-corrected chi connectivity index (χ1v) is 7.45. The fourth-order valence-electron chi connectivity index (χ4n) is 3.20. The van der Waals surface area contributed by atoms with Crippen molar-refractivity contribution < 1.29 is 0 Å². The molecule has 0 saturated carbocycles. The molecule has 0 saturated heterocycles. The molecule has 3 rings (SSSR count). The summed E-state index contributed by atoms with van der Waals surface area (Å²) in [4.78, 5) is 4.89. The van der Waals surface area contributed by atoms with E-state index < -0.39 is 0 Å². The molecule has 0 fully saturated rings. The molecular formula is C17H22N2. The van der Waals surface area contributed by atoms with Gasteiger partial charge in [0.15, 0.2) is 0 Å². The zero-order chi connectivity index (χ0) is 13.2. The zero-order valence-electron chi connectivity index (χ0n) is 11.9. The molecule has 100 valence electrons. The van der Waals surface area contributed by atoms with E-state index in [-0.39, 0.29) is 0 Å². The van der Waals surface area contributed by atoms with Crippen LogP contribution < -0.4 is 5.32 Å². The lowest BCUT2D eigenvalue weighted by Gasteiger charge is -2.20. The number of nitrogens with one attached hydrogen (secondary N) is 1. The highest BCUT2D eigenvalue weighted by molar-refractivity contribution is 5.94. The molecule has 0 aliphatic heterocycles. The third-order valence-corrected chi connectivity index (χ3v) is 4.11. The van der Waals surface area contributed by atoms with Gasteiger partial charge in [0.25, 0.3) is 0 Å². The summed E-state index contributed by atoms with van der Waals surface area (Å²) in [6.07, 6.45) is 7.23. The van der Waals surface area contributed by atoms with Gasteiger partial charge >= 0.3 is 0 Å². The van der Waals surface area contributed by atoms with Gasteiger partial charge in [-0.1, -0.05) is 19.4 Å². The number of aromatic nitrogens is 1. The molecule has 0 atom stereocenters. The average Bonchev–Trinajstić information content (AvgIpc) is 2.45. The van der Waals surface area contributed by atoms with Crippen LogP contribution >= 0.6 is 0 Å². The fraction of sp³-hybridized carbons (Fsp3) is 0.471. The first-order valence-electron chi connectivity index (χ1n) is 7.45. The molecule has 2 nitrogen and oxygen atoms in total. The smallest absolute Gasteiger partial charge is 0.0726 e. The van der Waals surface area contributed by atoms with Crippen LogP contribution in [-0.2, 0) is 19.3 Å². The third kappa shape index (κ3) is 2.20. The largest absolute Gasteiger partial charge is 0.387 e. The van der Waals surface area contributed by atoms with Crippen LogP contribution in [0.2, 0.25) is 0 Å². The number of anilines is 1. The fourth-order valence-corrected chi connectivity index (χ4v) is 3.20. The molecule has 1 heterocycles. The van der Waals surface area contributed by atoms with E-state index in [0.717, 1.165) is 18.4 Å². The molecule has 0 unspecified atom stereocenters. The molecule has 1 aromatic heterocycles. The Labute approximate surface area is 115 Å². The Morgan fingerprint density at radius 1 is 1.21 bits per heavy atom. The molecule has 2 heteroatoms. The van der Waals surface area contributed by atoms with E-state index in [0.29, 0.717) is 0 Å². The van der Waals surface area contributed by atoms with Crippen molar-refractivity contribution in [3.05, 3.63) is 35.0 Å². The second kappa shape index (κ2) is 5.20. The van der Waals surface area contributed by atoms with Crippen molar-refractivity contribution in [2.24, 2.45) is 0 Å². The number of pyridine rings is 1. The summed E-state index contributed by atoms with van der Waals surface area (Å²) in [7, 11) is 2.04. The number of fused-ring (bicyclic) bond motifs is 2. The average molecular weight is 254 g/mol. The minimum absolute atomic E-state index is 1.14. The maximum absolute atomic E-state index is 4.89. The second-order valence-corrected chi connectivity index (χ2v) is 5.47. The van der Waals surface area contributed by atoms with Gasteiger partial charge in [0.1, 0.15) is 0 Å². The Kier molecular flexibility index (Phi) is 3.41. The van der Waals surface area contributed by atoms with Gasteiger partial charge in [-0.05, 0) is 55.4 Å². The zero-order valence-corrected chi connectivity index (χ0v) is 11.9. The number of nitrogens with zero attached hydrogens (tertiary/aromatic N) is 1. The van der Waals surface area contributed by atoms with Gasteiger partial charge in [0.05, 0.1) is 5.52 Å². The summed E-state index contributed by atoms with van der Waals surface area (Å²) in [6.45, 7) is 2.23. The van der Waals surface area contributed by atoms with E-state index in [1.165, 1.54) is 53.6 Å². The summed E-state index contributed by atoms with van der Waals surface area (Å²) in [5.74, 6) is 0. The Bertz CT molecular complexity index is 602. The quantitative estimate of drug-likeness (QED) is 0.891. The SMILES string of the molecule is CCCc1ccc2nc3c(c(NC)c2c1)CCCC3. The van der Waals surface area contributed by atoms with E-state index in [4.69, 9.17) is 4.98 Å². The van der Waals surface area contributed by atoms with E-state index >= 15 is 0 Å².